The van der Waals surface area contributed by atoms with Crippen molar-refractivity contribution in [1.29, 1.82) is 0 Å². The van der Waals surface area contributed by atoms with Gasteiger partial charge in [0.05, 0.1) is 12.0 Å². The number of aliphatic hydroxyl groups is 1. The molecular formula is C20H27N3O5. The highest BCUT2D eigenvalue weighted by Gasteiger charge is 2.35. The molecule has 2 heterocycles. The summed E-state index contributed by atoms with van der Waals surface area (Å²) in [5, 5.41) is 11.9. The highest BCUT2D eigenvalue weighted by Crippen LogP contribution is 2.27. The smallest absolute Gasteiger partial charge is 0.260 e. The van der Waals surface area contributed by atoms with Crippen LogP contribution in [0.3, 0.4) is 0 Å². The molecule has 1 aromatic rings. The Morgan fingerprint density at radius 2 is 1.93 bits per heavy atom. The molecule has 0 spiro atoms. The lowest BCUT2D eigenvalue weighted by Gasteiger charge is -2.18. The quantitative estimate of drug-likeness (QED) is 0.709. The first-order valence-corrected chi connectivity index (χ1v) is 9.71. The van der Waals surface area contributed by atoms with Gasteiger partial charge in [0, 0.05) is 38.3 Å². The Bertz CT molecular complexity index is 713. The Kier molecular flexibility index (Phi) is 6.51. The van der Waals surface area contributed by atoms with Crippen LogP contribution in [0.1, 0.15) is 26.2 Å². The van der Waals surface area contributed by atoms with E-state index in [-0.39, 0.29) is 37.3 Å². The van der Waals surface area contributed by atoms with Crippen molar-refractivity contribution in [3.8, 4) is 5.75 Å². The van der Waals surface area contributed by atoms with Crippen LogP contribution in [0.2, 0.25) is 0 Å². The Hall–Kier alpha value is -2.61. The lowest BCUT2D eigenvalue weighted by atomic mass is 10.1. The van der Waals surface area contributed by atoms with Gasteiger partial charge < -0.3 is 25.0 Å². The fourth-order valence-corrected chi connectivity index (χ4v) is 3.45. The highest BCUT2D eigenvalue weighted by molar-refractivity contribution is 6.00. The number of carbonyl (C=O) groups is 3. The van der Waals surface area contributed by atoms with Crippen molar-refractivity contribution in [3.63, 3.8) is 0 Å². The van der Waals surface area contributed by atoms with E-state index in [0.717, 1.165) is 25.9 Å². The zero-order valence-electron chi connectivity index (χ0n) is 16.1. The number of carbonyl (C=O) groups excluding carboxylic acids is 3. The third kappa shape index (κ3) is 5.01. The number of ether oxygens (including phenoxy) is 1. The first-order chi connectivity index (χ1) is 13.4. The molecular weight excluding hydrogens is 362 g/mol. The molecule has 0 aliphatic carbocycles. The summed E-state index contributed by atoms with van der Waals surface area (Å²) in [6.07, 6.45) is 1.61. The van der Waals surface area contributed by atoms with Gasteiger partial charge in [0.15, 0.2) is 6.61 Å². The van der Waals surface area contributed by atoms with E-state index in [0.29, 0.717) is 18.0 Å². The van der Waals surface area contributed by atoms with E-state index < -0.39 is 12.0 Å². The van der Waals surface area contributed by atoms with Gasteiger partial charge in [-0.25, -0.2) is 0 Å². The molecule has 2 atom stereocenters. The number of rotatable bonds is 7. The standard InChI is InChI=1S/C20H27N3O5/c1-14(24)11-21-20(27)15-10-18(25)23(12-15)16-4-6-17(7-5-16)28-13-19(26)22-8-2-3-9-22/h4-7,14-15,24H,2-3,8-13H2,1H3,(H,21,27)/t14-,15+/m0/s1. The van der Waals surface area contributed by atoms with Crippen molar-refractivity contribution in [2.45, 2.75) is 32.3 Å². The van der Waals surface area contributed by atoms with Crippen LogP contribution in [-0.4, -0.2) is 66.6 Å². The molecule has 2 N–H and O–H groups in total. The summed E-state index contributed by atoms with van der Waals surface area (Å²) in [6.45, 7) is 3.67. The van der Waals surface area contributed by atoms with Gasteiger partial charge in [-0.1, -0.05) is 0 Å². The first-order valence-electron chi connectivity index (χ1n) is 9.71. The molecule has 8 heteroatoms. The molecule has 0 saturated carbocycles. The van der Waals surface area contributed by atoms with E-state index in [1.54, 1.807) is 41.0 Å². The van der Waals surface area contributed by atoms with Gasteiger partial charge >= 0.3 is 0 Å². The summed E-state index contributed by atoms with van der Waals surface area (Å²) in [6, 6.07) is 6.95. The lowest BCUT2D eigenvalue weighted by Crippen LogP contribution is -2.36. The number of anilines is 1. The molecule has 0 unspecified atom stereocenters. The average Bonchev–Trinajstić information content (AvgIpc) is 3.34. The van der Waals surface area contributed by atoms with Crippen LogP contribution in [-0.2, 0) is 14.4 Å². The third-order valence-electron chi connectivity index (χ3n) is 5.04. The van der Waals surface area contributed by atoms with Gasteiger partial charge in [-0.2, -0.15) is 0 Å². The summed E-state index contributed by atoms with van der Waals surface area (Å²) >= 11 is 0. The van der Waals surface area contributed by atoms with Crippen molar-refractivity contribution < 1.29 is 24.2 Å². The molecule has 0 bridgehead atoms. The fourth-order valence-electron chi connectivity index (χ4n) is 3.45. The Labute approximate surface area is 164 Å². The maximum Gasteiger partial charge on any atom is 0.260 e. The Morgan fingerprint density at radius 3 is 2.57 bits per heavy atom. The van der Waals surface area contributed by atoms with Crippen LogP contribution < -0.4 is 15.0 Å². The lowest BCUT2D eigenvalue weighted by molar-refractivity contribution is -0.132. The topological polar surface area (TPSA) is 99.2 Å². The van der Waals surface area contributed by atoms with Gasteiger partial charge in [0.1, 0.15) is 5.75 Å². The van der Waals surface area contributed by atoms with Crippen molar-refractivity contribution >= 4 is 23.4 Å². The number of hydrogen-bond acceptors (Lipinski definition) is 5. The molecule has 1 aromatic carbocycles. The minimum absolute atomic E-state index is 0.00746. The van der Waals surface area contributed by atoms with Crippen LogP contribution in [0.4, 0.5) is 5.69 Å². The fraction of sp³-hybridized carbons (Fsp3) is 0.550. The van der Waals surface area contributed by atoms with Crippen molar-refractivity contribution in [3.05, 3.63) is 24.3 Å². The van der Waals surface area contributed by atoms with Crippen molar-refractivity contribution in [2.75, 3.05) is 37.7 Å². The van der Waals surface area contributed by atoms with E-state index in [2.05, 4.69) is 5.32 Å². The number of amides is 3. The summed E-state index contributed by atoms with van der Waals surface area (Å²) < 4.78 is 5.56. The number of hydrogen-bond donors (Lipinski definition) is 2. The molecule has 2 fully saturated rings. The van der Waals surface area contributed by atoms with Gasteiger partial charge in [-0.05, 0) is 44.0 Å². The summed E-state index contributed by atoms with van der Waals surface area (Å²) in [5.74, 6) is -0.219. The summed E-state index contributed by atoms with van der Waals surface area (Å²) in [5.41, 5.74) is 0.689. The third-order valence-corrected chi connectivity index (χ3v) is 5.04. The second-order valence-electron chi connectivity index (χ2n) is 7.37. The SMILES string of the molecule is C[C@H](O)CNC(=O)[C@@H]1CC(=O)N(c2ccc(OCC(=O)N3CCCC3)cc2)C1. The molecule has 2 aliphatic rings. The molecule has 152 valence electrons. The second kappa shape index (κ2) is 9.05. The maximum absolute atomic E-state index is 12.3. The molecule has 0 radical (unpaired) electrons. The molecule has 8 nitrogen and oxygen atoms in total. The molecule has 0 aromatic heterocycles. The number of benzene rings is 1. The predicted molar refractivity (Wildman–Crippen MR) is 103 cm³/mol. The number of aliphatic hydroxyl groups excluding tert-OH is 1. The number of nitrogens with zero attached hydrogens (tertiary/aromatic N) is 2. The largest absolute Gasteiger partial charge is 0.484 e. The van der Waals surface area contributed by atoms with Crippen LogP contribution >= 0.6 is 0 Å². The van der Waals surface area contributed by atoms with E-state index in [1.807, 2.05) is 0 Å². The molecule has 2 aliphatic heterocycles. The Morgan fingerprint density at radius 1 is 1.25 bits per heavy atom. The number of nitrogens with one attached hydrogen (secondary N) is 1. The predicted octanol–water partition coefficient (Wildman–Crippen LogP) is 0.538. The monoisotopic (exact) mass is 389 g/mol. The number of likely N-dealkylation sites (tertiary alicyclic amines) is 1. The van der Waals surface area contributed by atoms with Crippen molar-refractivity contribution in [2.24, 2.45) is 5.92 Å². The van der Waals surface area contributed by atoms with Gasteiger partial charge in [0.25, 0.3) is 5.91 Å². The van der Waals surface area contributed by atoms with Crippen LogP contribution in [0.15, 0.2) is 24.3 Å². The zero-order valence-corrected chi connectivity index (χ0v) is 16.1. The zero-order chi connectivity index (χ0) is 20.1. The molecule has 2 saturated heterocycles. The normalized spacial score (nSPS) is 20.4. The van der Waals surface area contributed by atoms with E-state index in [4.69, 9.17) is 4.74 Å². The molecule has 28 heavy (non-hydrogen) atoms. The van der Waals surface area contributed by atoms with Gasteiger partial charge in [-0.3, -0.25) is 14.4 Å². The van der Waals surface area contributed by atoms with Crippen LogP contribution in [0, 0.1) is 5.92 Å². The van der Waals surface area contributed by atoms with Gasteiger partial charge in [-0.15, -0.1) is 0 Å². The van der Waals surface area contributed by atoms with Gasteiger partial charge in [0.2, 0.25) is 11.8 Å². The van der Waals surface area contributed by atoms with Crippen molar-refractivity contribution in [1.82, 2.24) is 10.2 Å². The summed E-state index contributed by atoms with van der Waals surface area (Å²) in [4.78, 5) is 39.8. The second-order valence-corrected chi connectivity index (χ2v) is 7.37. The molecule has 3 amide bonds. The van der Waals surface area contributed by atoms with Crippen LogP contribution in [0.25, 0.3) is 0 Å². The molecule has 3 rings (SSSR count). The minimum atomic E-state index is -0.623. The van der Waals surface area contributed by atoms with E-state index in [1.165, 1.54) is 0 Å². The maximum atomic E-state index is 12.3. The van der Waals surface area contributed by atoms with E-state index >= 15 is 0 Å². The Balaban J connectivity index is 1.52. The summed E-state index contributed by atoms with van der Waals surface area (Å²) in [7, 11) is 0. The highest BCUT2D eigenvalue weighted by atomic mass is 16.5. The average molecular weight is 389 g/mol. The van der Waals surface area contributed by atoms with Crippen LogP contribution in [0.5, 0.6) is 5.75 Å². The minimum Gasteiger partial charge on any atom is -0.484 e. The first kappa shape index (κ1) is 20.1. The van der Waals surface area contributed by atoms with E-state index in [9.17, 15) is 19.5 Å².